The third-order valence-corrected chi connectivity index (χ3v) is 6.71. The molecule has 5 atom stereocenters. The highest BCUT2D eigenvalue weighted by Crippen LogP contribution is 2.35. The van der Waals surface area contributed by atoms with Crippen LogP contribution in [0.3, 0.4) is 0 Å². The number of hydrogen-bond acceptors (Lipinski definition) is 5. The third kappa shape index (κ3) is 4.04. The average molecular weight is 468 g/mol. The van der Waals surface area contributed by atoms with Crippen molar-refractivity contribution in [3.8, 4) is 0 Å². The van der Waals surface area contributed by atoms with Crippen LogP contribution in [-0.2, 0) is 11.2 Å². The fourth-order valence-corrected chi connectivity index (χ4v) is 4.87. The SMILES string of the molecule is Cc1ccc2cc(Cc3cn([C@@H]4O[C@H](CO)[C@@H](O)[C@H](O)[C@H]4O)c4cc(Cl)ccc34)ccc2c1. The molecule has 1 aliphatic rings. The number of hydrogen-bond donors (Lipinski definition) is 4. The molecule has 7 heteroatoms. The normalized spacial score (nSPS) is 25.7. The van der Waals surface area contributed by atoms with Crippen LogP contribution in [0.2, 0.25) is 5.02 Å². The van der Waals surface area contributed by atoms with Crippen molar-refractivity contribution in [2.45, 2.75) is 44.0 Å². The molecule has 1 aliphatic heterocycles. The maximum Gasteiger partial charge on any atom is 0.163 e. The van der Waals surface area contributed by atoms with Crippen molar-refractivity contribution in [1.29, 1.82) is 0 Å². The van der Waals surface area contributed by atoms with Gasteiger partial charge in [-0.15, -0.1) is 0 Å². The summed E-state index contributed by atoms with van der Waals surface area (Å²) in [4.78, 5) is 0. The monoisotopic (exact) mass is 467 g/mol. The molecule has 1 saturated heterocycles. The molecule has 5 rings (SSSR count). The lowest BCUT2D eigenvalue weighted by Crippen LogP contribution is -2.56. The average Bonchev–Trinajstić information content (AvgIpc) is 3.15. The molecular weight excluding hydrogens is 442 g/mol. The Labute approximate surface area is 196 Å². The highest BCUT2D eigenvalue weighted by Gasteiger charge is 2.44. The molecule has 0 bridgehead atoms. The fraction of sp³-hybridized carbons (Fsp3) is 0.308. The van der Waals surface area contributed by atoms with Gasteiger partial charge in [-0.25, -0.2) is 0 Å². The Balaban J connectivity index is 1.56. The van der Waals surface area contributed by atoms with Crippen molar-refractivity contribution in [3.63, 3.8) is 0 Å². The molecule has 0 unspecified atom stereocenters. The number of benzene rings is 3. The lowest BCUT2D eigenvalue weighted by Gasteiger charge is -2.40. The van der Waals surface area contributed by atoms with Gasteiger partial charge in [0.05, 0.1) is 12.1 Å². The van der Waals surface area contributed by atoms with Gasteiger partial charge in [0.1, 0.15) is 24.4 Å². The van der Waals surface area contributed by atoms with Crippen LogP contribution in [0.4, 0.5) is 0 Å². The van der Waals surface area contributed by atoms with Crippen molar-refractivity contribution in [3.05, 3.63) is 82.5 Å². The molecular formula is C26H26ClNO5. The van der Waals surface area contributed by atoms with Crippen molar-refractivity contribution in [1.82, 2.24) is 4.57 Å². The van der Waals surface area contributed by atoms with Gasteiger partial charge in [-0.3, -0.25) is 0 Å². The highest BCUT2D eigenvalue weighted by atomic mass is 35.5. The lowest BCUT2D eigenvalue weighted by molar-refractivity contribution is -0.250. The number of fused-ring (bicyclic) bond motifs is 2. The van der Waals surface area contributed by atoms with Crippen LogP contribution in [0.1, 0.15) is 22.9 Å². The summed E-state index contributed by atoms with van der Waals surface area (Å²) in [7, 11) is 0. The molecule has 33 heavy (non-hydrogen) atoms. The summed E-state index contributed by atoms with van der Waals surface area (Å²) in [6, 6.07) is 18.3. The number of aliphatic hydroxyl groups excluding tert-OH is 4. The molecule has 4 N–H and O–H groups in total. The van der Waals surface area contributed by atoms with Gasteiger partial charge in [-0.1, -0.05) is 59.6 Å². The second kappa shape index (κ2) is 8.72. The molecule has 0 saturated carbocycles. The van der Waals surface area contributed by atoms with Gasteiger partial charge in [-0.2, -0.15) is 0 Å². The minimum atomic E-state index is -1.45. The van der Waals surface area contributed by atoms with E-state index in [1.165, 1.54) is 16.3 Å². The van der Waals surface area contributed by atoms with Crippen LogP contribution in [-0.4, -0.2) is 56.0 Å². The van der Waals surface area contributed by atoms with Crippen LogP contribution in [0.15, 0.2) is 60.8 Å². The number of rotatable bonds is 4. The van der Waals surface area contributed by atoms with E-state index in [4.69, 9.17) is 16.3 Å². The Morgan fingerprint density at radius 1 is 0.909 bits per heavy atom. The quantitative estimate of drug-likeness (QED) is 0.369. The third-order valence-electron chi connectivity index (χ3n) is 6.47. The molecule has 0 radical (unpaired) electrons. The number of aryl methyl sites for hydroxylation is 1. The van der Waals surface area contributed by atoms with Crippen LogP contribution in [0.25, 0.3) is 21.7 Å². The van der Waals surface area contributed by atoms with Gasteiger partial charge in [-0.05, 0) is 47.4 Å². The van der Waals surface area contributed by atoms with Gasteiger partial charge in [0.2, 0.25) is 0 Å². The first-order chi connectivity index (χ1) is 15.9. The zero-order chi connectivity index (χ0) is 23.3. The molecule has 0 amide bonds. The predicted octanol–water partition coefficient (Wildman–Crippen LogP) is 3.32. The van der Waals surface area contributed by atoms with E-state index in [0.717, 1.165) is 22.0 Å². The Bertz CT molecular complexity index is 1320. The molecule has 2 heterocycles. The molecule has 3 aromatic carbocycles. The molecule has 1 aromatic heterocycles. The number of halogens is 1. The van der Waals surface area contributed by atoms with E-state index in [0.29, 0.717) is 11.4 Å². The summed E-state index contributed by atoms with van der Waals surface area (Å²) >= 11 is 6.28. The topological polar surface area (TPSA) is 95.1 Å². The van der Waals surface area contributed by atoms with Crippen molar-refractivity contribution in [2.75, 3.05) is 6.61 Å². The highest BCUT2D eigenvalue weighted by molar-refractivity contribution is 6.31. The Morgan fingerprint density at radius 2 is 1.67 bits per heavy atom. The minimum absolute atomic E-state index is 0.481. The number of aromatic nitrogens is 1. The Morgan fingerprint density at radius 3 is 2.45 bits per heavy atom. The molecule has 6 nitrogen and oxygen atoms in total. The van der Waals surface area contributed by atoms with Gasteiger partial charge < -0.3 is 29.7 Å². The molecule has 172 valence electrons. The van der Waals surface area contributed by atoms with Crippen LogP contribution in [0, 0.1) is 6.92 Å². The summed E-state index contributed by atoms with van der Waals surface area (Å²) in [5, 5.41) is 44.5. The van der Waals surface area contributed by atoms with E-state index in [1.54, 1.807) is 10.6 Å². The summed E-state index contributed by atoms with van der Waals surface area (Å²) in [5.74, 6) is 0. The zero-order valence-corrected chi connectivity index (χ0v) is 18.9. The van der Waals surface area contributed by atoms with E-state index >= 15 is 0 Å². The van der Waals surface area contributed by atoms with Gasteiger partial charge in [0.25, 0.3) is 0 Å². The van der Waals surface area contributed by atoms with E-state index in [-0.39, 0.29) is 0 Å². The minimum Gasteiger partial charge on any atom is -0.394 e. The second-order valence-corrected chi connectivity index (χ2v) is 9.24. The fourth-order valence-electron chi connectivity index (χ4n) is 4.70. The predicted molar refractivity (Wildman–Crippen MR) is 127 cm³/mol. The molecule has 0 spiro atoms. The smallest absolute Gasteiger partial charge is 0.163 e. The Hall–Kier alpha value is -2.45. The first kappa shape index (κ1) is 22.3. The summed E-state index contributed by atoms with van der Waals surface area (Å²) in [6.45, 7) is 1.59. The number of nitrogens with zero attached hydrogens (tertiary/aromatic N) is 1. The maximum absolute atomic E-state index is 10.7. The first-order valence-electron chi connectivity index (χ1n) is 10.9. The summed E-state index contributed by atoms with van der Waals surface area (Å²) in [6.07, 6.45) is -3.70. The van der Waals surface area contributed by atoms with Crippen LogP contribution < -0.4 is 0 Å². The summed E-state index contributed by atoms with van der Waals surface area (Å²) < 4.78 is 7.53. The van der Waals surface area contributed by atoms with Gasteiger partial charge in [0.15, 0.2) is 6.23 Å². The molecule has 1 fully saturated rings. The zero-order valence-electron chi connectivity index (χ0n) is 18.1. The van der Waals surface area contributed by atoms with E-state index in [2.05, 4.69) is 43.3 Å². The Kier molecular flexibility index (Phi) is 5.91. The van der Waals surface area contributed by atoms with Crippen molar-refractivity contribution >= 4 is 33.3 Å². The van der Waals surface area contributed by atoms with Gasteiger partial charge >= 0.3 is 0 Å². The van der Waals surface area contributed by atoms with E-state index < -0.39 is 37.3 Å². The van der Waals surface area contributed by atoms with Crippen LogP contribution >= 0.6 is 11.6 Å². The maximum atomic E-state index is 10.7. The largest absolute Gasteiger partial charge is 0.394 e. The first-order valence-corrected chi connectivity index (χ1v) is 11.3. The standard InChI is InChI=1S/C26H26ClNO5/c1-14-2-4-17-9-15(3-5-16(17)8-14)10-18-12-28(21-11-19(27)6-7-20(18)21)26-25(32)24(31)23(30)22(13-29)33-26/h2-9,11-12,22-26,29-32H,10,13H2,1H3/t22-,23-,24+,25-,26-/m1/s1. The van der Waals surface area contributed by atoms with Crippen molar-refractivity contribution < 1.29 is 25.2 Å². The van der Waals surface area contributed by atoms with E-state index in [9.17, 15) is 20.4 Å². The van der Waals surface area contributed by atoms with Crippen molar-refractivity contribution in [2.24, 2.45) is 0 Å². The molecule has 0 aliphatic carbocycles. The summed E-state index contributed by atoms with van der Waals surface area (Å²) in [5.41, 5.74) is 4.09. The number of aliphatic hydroxyl groups is 4. The molecule has 4 aromatic rings. The van der Waals surface area contributed by atoms with Crippen LogP contribution in [0.5, 0.6) is 0 Å². The van der Waals surface area contributed by atoms with E-state index in [1.807, 2.05) is 18.3 Å². The lowest BCUT2D eigenvalue weighted by atomic mass is 9.98. The number of ether oxygens (including phenoxy) is 1. The van der Waals surface area contributed by atoms with Gasteiger partial charge in [0, 0.05) is 16.6 Å². The second-order valence-electron chi connectivity index (χ2n) is 8.80.